The number of benzene rings is 1. The molecule has 0 spiro atoms. The smallest absolute Gasteiger partial charge is 0.0886 e. The Morgan fingerprint density at radius 2 is 1.50 bits per heavy atom. The van der Waals surface area contributed by atoms with Crippen molar-refractivity contribution < 1.29 is 5.48 Å². The number of para-hydroxylation sites is 2. The second-order valence-corrected chi connectivity index (χ2v) is 1.75. The average molecular weight is 134 g/mol. The first-order valence-corrected chi connectivity index (χ1v) is 2.80. The third-order valence-corrected chi connectivity index (χ3v) is 1.12. The monoisotopic (exact) mass is 134 g/mol. The predicted octanol–water partition coefficient (Wildman–Crippen LogP) is 1.63. The van der Waals surface area contributed by atoms with Crippen LogP contribution in [0.15, 0.2) is 36.6 Å². The van der Waals surface area contributed by atoms with E-state index >= 15 is 0 Å². The number of rotatable bonds is 0. The summed E-state index contributed by atoms with van der Waals surface area (Å²) < 4.78 is 29.9. The summed E-state index contributed by atoms with van der Waals surface area (Å²) in [5.74, 6) is 0. The van der Waals surface area contributed by atoms with E-state index in [0.717, 1.165) is 0 Å². The van der Waals surface area contributed by atoms with Crippen LogP contribution in [-0.2, 0) is 0 Å². The van der Waals surface area contributed by atoms with E-state index in [1.165, 1.54) is 12.4 Å². The van der Waals surface area contributed by atoms with Gasteiger partial charge in [0, 0.05) is 12.4 Å². The minimum absolute atomic E-state index is 0.144. The van der Waals surface area contributed by atoms with Crippen molar-refractivity contribution in [3.05, 3.63) is 36.6 Å². The van der Waals surface area contributed by atoms with Gasteiger partial charge >= 0.3 is 0 Å². The first-order valence-electron chi connectivity index (χ1n) is 4.80. The van der Waals surface area contributed by atoms with Gasteiger partial charge in [0.25, 0.3) is 0 Å². The molecule has 1 heterocycles. The van der Waals surface area contributed by atoms with Gasteiger partial charge in [-0.15, -0.1) is 0 Å². The van der Waals surface area contributed by atoms with Crippen LogP contribution in [-0.4, -0.2) is 9.97 Å². The molecule has 2 heteroatoms. The molecule has 0 atom stereocenters. The zero-order valence-electron chi connectivity index (χ0n) is 9.05. The average Bonchev–Trinajstić information content (AvgIpc) is 2.23. The first-order chi connectivity index (χ1) is 6.63. The second-order valence-electron chi connectivity index (χ2n) is 1.75. The Bertz CT molecular complexity index is 466. The van der Waals surface area contributed by atoms with E-state index in [9.17, 15) is 0 Å². The van der Waals surface area contributed by atoms with Gasteiger partial charge in [0.1, 0.15) is 0 Å². The Labute approximate surface area is 64.2 Å². The molecule has 10 heavy (non-hydrogen) atoms. The highest BCUT2D eigenvalue weighted by Gasteiger charge is 1.88. The van der Waals surface area contributed by atoms with Gasteiger partial charge in [0.15, 0.2) is 0 Å². The topological polar surface area (TPSA) is 25.8 Å². The summed E-state index contributed by atoms with van der Waals surface area (Å²) in [4.78, 5) is 7.74. The highest BCUT2D eigenvalue weighted by Crippen LogP contribution is 2.04. The molecule has 1 aromatic carbocycles. The van der Waals surface area contributed by atoms with Crippen LogP contribution in [0.5, 0.6) is 0 Å². The van der Waals surface area contributed by atoms with Gasteiger partial charge in [-0.25, -0.2) is 0 Å². The molecule has 0 saturated carbocycles. The van der Waals surface area contributed by atoms with Gasteiger partial charge in [-0.3, -0.25) is 9.97 Å². The van der Waals surface area contributed by atoms with Gasteiger partial charge in [-0.2, -0.15) is 0 Å². The zero-order chi connectivity index (χ0) is 10.3. The molecule has 0 N–H and O–H groups in total. The molecule has 2 rings (SSSR count). The van der Waals surface area contributed by atoms with Crippen LogP contribution >= 0.6 is 0 Å². The summed E-state index contributed by atoms with van der Waals surface area (Å²) in [6.07, 6.45) is 2.81. The Morgan fingerprint density at radius 1 is 1.00 bits per heavy atom. The van der Waals surface area contributed by atoms with E-state index in [1.807, 2.05) is 0 Å². The van der Waals surface area contributed by atoms with E-state index in [2.05, 4.69) is 9.97 Å². The van der Waals surface area contributed by atoms with Crippen LogP contribution in [0.25, 0.3) is 11.0 Å². The van der Waals surface area contributed by atoms with Crippen molar-refractivity contribution in [3.8, 4) is 0 Å². The molecule has 0 aliphatic rings. The largest absolute Gasteiger partial charge is 0.253 e. The van der Waals surface area contributed by atoms with Crippen molar-refractivity contribution in [2.75, 3.05) is 0 Å². The molecular weight excluding hydrogens is 124 g/mol. The fourth-order valence-corrected chi connectivity index (χ4v) is 0.702. The molecule has 0 radical (unpaired) electrons. The molecular formula is C8H6N2. The van der Waals surface area contributed by atoms with E-state index in [0.29, 0.717) is 0 Å². The molecule has 2 nitrogen and oxygen atoms in total. The molecule has 0 fully saturated rings. The lowest BCUT2D eigenvalue weighted by Crippen LogP contribution is -1.78. The highest BCUT2D eigenvalue weighted by molar-refractivity contribution is 5.72. The summed E-state index contributed by atoms with van der Waals surface area (Å²) in [6, 6.07) is -0.839. The molecule has 2 aromatic rings. The Morgan fingerprint density at radius 3 is 2.00 bits per heavy atom. The lowest BCUT2D eigenvalue weighted by atomic mass is 10.3. The Balaban J connectivity index is 3.02. The second kappa shape index (κ2) is 2.06. The fourth-order valence-electron chi connectivity index (χ4n) is 0.702. The third-order valence-electron chi connectivity index (χ3n) is 1.12. The van der Waals surface area contributed by atoms with E-state index in [4.69, 9.17) is 5.48 Å². The van der Waals surface area contributed by atoms with Crippen LogP contribution in [0.3, 0.4) is 0 Å². The molecule has 0 amide bonds. The SMILES string of the molecule is [2H]c1c([2H])c([2H])c2nccnc2c1[2H]. The van der Waals surface area contributed by atoms with E-state index in [1.54, 1.807) is 0 Å². The maximum atomic E-state index is 7.53. The minimum Gasteiger partial charge on any atom is -0.253 e. The van der Waals surface area contributed by atoms with Crippen LogP contribution in [0, 0.1) is 0 Å². The fraction of sp³-hybridized carbons (Fsp3) is 0. The summed E-state index contributed by atoms with van der Waals surface area (Å²) in [7, 11) is 0. The summed E-state index contributed by atoms with van der Waals surface area (Å²) >= 11 is 0. The minimum atomic E-state index is -0.275. The highest BCUT2D eigenvalue weighted by atomic mass is 14.8. The molecule has 1 aromatic heterocycles. The van der Waals surface area contributed by atoms with Crippen LogP contribution in [0.1, 0.15) is 5.48 Å². The third kappa shape index (κ3) is 0.739. The first kappa shape index (κ1) is 2.66. The zero-order valence-corrected chi connectivity index (χ0v) is 5.05. The molecule has 0 saturated heterocycles. The van der Waals surface area contributed by atoms with Crippen molar-refractivity contribution in [2.24, 2.45) is 0 Å². The number of hydrogen-bond acceptors (Lipinski definition) is 2. The van der Waals surface area contributed by atoms with Gasteiger partial charge < -0.3 is 0 Å². The molecule has 0 aliphatic heterocycles. The predicted molar refractivity (Wildman–Crippen MR) is 39.5 cm³/mol. The van der Waals surface area contributed by atoms with Crippen molar-refractivity contribution in [3.63, 3.8) is 0 Å². The van der Waals surface area contributed by atoms with Crippen molar-refractivity contribution >= 4 is 11.0 Å². The number of aromatic nitrogens is 2. The standard InChI is InChI=1S/C8H6N2/c1-2-4-8-7(3-1)9-5-6-10-8/h1-6H/i1D,2D,3D,4D. The van der Waals surface area contributed by atoms with Gasteiger partial charge in [0.2, 0.25) is 0 Å². The summed E-state index contributed by atoms with van der Waals surface area (Å²) in [6.45, 7) is 0. The number of nitrogens with zero attached hydrogens (tertiary/aromatic N) is 2. The molecule has 48 valence electrons. The maximum Gasteiger partial charge on any atom is 0.0886 e. The lowest BCUT2D eigenvalue weighted by Gasteiger charge is -1.90. The molecule has 0 unspecified atom stereocenters. The van der Waals surface area contributed by atoms with Crippen LogP contribution in [0.2, 0.25) is 0 Å². The summed E-state index contributed by atoms with van der Waals surface area (Å²) in [5.41, 5.74) is 0.414. The van der Waals surface area contributed by atoms with Crippen LogP contribution < -0.4 is 0 Å². The van der Waals surface area contributed by atoms with Gasteiger partial charge in [-0.05, 0) is 12.1 Å². The normalized spacial score (nSPS) is 15.6. The van der Waals surface area contributed by atoms with Gasteiger partial charge in [-0.1, -0.05) is 12.1 Å². The maximum absolute atomic E-state index is 7.53. The van der Waals surface area contributed by atoms with Crippen LogP contribution in [0.4, 0.5) is 0 Å². The van der Waals surface area contributed by atoms with Crippen molar-refractivity contribution in [1.29, 1.82) is 0 Å². The quantitative estimate of drug-likeness (QED) is 0.547. The van der Waals surface area contributed by atoms with Gasteiger partial charge in [0.05, 0.1) is 16.5 Å². The van der Waals surface area contributed by atoms with Crippen molar-refractivity contribution in [1.82, 2.24) is 9.97 Å². The number of hydrogen-bond donors (Lipinski definition) is 0. The van der Waals surface area contributed by atoms with Crippen molar-refractivity contribution in [2.45, 2.75) is 0 Å². The Kier molecular flexibility index (Phi) is 0.549. The lowest BCUT2D eigenvalue weighted by molar-refractivity contribution is 1.29. The molecule has 0 aliphatic carbocycles. The van der Waals surface area contributed by atoms with E-state index < -0.39 is 0 Å². The Hall–Kier alpha value is -1.44. The summed E-state index contributed by atoms with van der Waals surface area (Å²) in [5, 5.41) is 0. The molecule has 0 bridgehead atoms. The van der Waals surface area contributed by atoms with E-state index in [-0.39, 0.29) is 35.2 Å². The number of fused-ring (bicyclic) bond motifs is 1.